The number of hydrogen-bond donors (Lipinski definition) is 1. The van der Waals surface area contributed by atoms with E-state index < -0.39 is 11.6 Å². The largest absolute Gasteiger partial charge is 0.370 e. The van der Waals surface area contributed by atoms with Crippen LogP contribution in [0.2, 0.25) is 0 Å². The van der Waals surface area contributed by atoms with E-state index >= 15 is 0 Å². The van der Waals surface area contributed by atoms with Gasteiger partial charge in [-0.15, -0.1) is 0 Å². The highest BCUT2D eigenvalue weighted by atomic mass is 19.1. The summed E-state index contributed by atoms with van der Waals surface area (Å²) >= 11 is 0. The Morgan fingerprint density at radius 1 is 1.11 bits per heavy atom. The summed E-state index contributed by atoms with van der Waals surface area (Å²) in [5.74, 6) is -0.489. The van der Waals surface area contributed by atoms with Crippen LogP contribution in [0.4, 0.5) is 14.6 Å². The molecule has 2 aromatic rings. The number of hydrogen-bond acceptors (Lipinski definition) is 2. The Hall–Kier alpha value is -1.97. The Bertz CT molecular complexity index is 521. The van der Waals surface area contributed by atoms with Crippen molar-refractivity contribution >= 4 is 5.82 Å². The molecule has 0 unspecified atom stereocenters. The fourth-order valence-corrected chi connectivity index (χ4v) is 1.65. The molecule has 0 aliphatic carbocycles. The van der Waals surface area contributed by atoms with E-state index in [1.807, 2.05) is 12.1 Å². The van der Waals surface area contributed by atoms with Crippen LogP contribution >= 0.6 is 0 Å². The summed E-state index contributed by atoms with van der Waals surface area (Å²) in [4.78, 5) is 4.32. The zero-order chi connectivity index (χ0) is 13.0. The number of aromatic nitrogens is 1. The summed E-state index contributed by atoms with van der Waals surface area (Å²) in [5, 5.41) is 3.14. The number of halogens is 2. The van der Waals surface area contributed by atoms with Gasteiger partial charge in [0.05, 0.1) is 5.69 Å². The van der Waals surface area contributed by atoms with Gasteiger partial charge in [-0.05, 0) is 30.7 Å². The lowest BCUT2D eigenvalue weighted by atomic mass is 10.1. The van der Waals surface area contributed by atoms with E-state index in [1.165, 1.54) is 12.1 Å². The number of benzene rings is 1. The van der Waals surface area contributed by atoms with Crippen molar-refractivity contribution in [1.82, 2.24) is 4.98 Å². The molecule has 0 aliphatic heterocycles. The molecule has 94 valence electrons. The highest BCUT2D eigenvalue weighted by Gasteiger charge is 2.05. The van der Waals surface area contributed by atoms with Crippen LogP contribution in [-0.2, 0) is 0 Å². The minimum Gasteiger partial charge on any atom is -0.370 e. The predicted molar refractivity (Wildman–Crippen MR) is 68.4 cm³/mol. The SMILES string of the molecule is CCCNc1cccc(-c2cc(F)cc(F)c2)n1. The second kappa shape index (κ2) is 5.58. The summed E-state index contributed by atoms with van der Waals surface area (Å²) < 4.78 is 26.3. The van der Waals surface area contributed by atoms with Crippen molar-refractivity contribution in [1.29, 1.82) is 0 Å². The van der Waals surface area contributed by atoms with Gasteiger partial charge in [0, 0.05) is 18.2 Å². The lowest BCUT2D eigenvalue weighted by Gasteiger charge is -2.06. The Balaban J connectivity index is 2.32. The summed E-state index contributed by atoms with van der Waals surface area (Å²) in [6.07, 6.45) is 0.987. The fraction of sp³-hybridized carbons (Fsp3) is 0.214. The predicted octanol–water partition coefficient (Wildman–Crippen LogP) is 3.85. The molecule has 0 atom stereocenters. The average molecular weight is 248 g/mol. The van der Waals surface area contributed by atoms with Gasteiger partial charge < -0.3 is 5.32 Å². The van der Waals surface area contributed by atoms with Gasteiger partial charge in [0.2, 0.25) is 0 Å². The molecule has 0 amide bonds. The molecule has 2 nitrogen and oxygen atoms in total. The molecule has 1 N–H and O–H groups in total. The van der Waals surface area contributed by atoms with Crippen molar-refractivity contribution < 1.29 is 8.78 Å². The monoisotopic (exact) mass is 248 g/mol. The van der Waals surface area contributed by atoms with Crippen LogP contribution in [0.5, 0.6) is 0 Å². The molecule has 2 rings (SSSR count). The number of nitrogens with zero attached hydrogens (tertiary/aromatic N) is 1. The number of nitrogens with one attached hydrogen (secondary N) is 1. The van der Waals surface area contributed by atoms with Crippen molar-refractivity contribution in [3.8, 4) is 11.3 Å². The van der Waals surface area contributed by atoms with Crippen molar-refractivity contribution in [2.45, 2.75) is 13.3 Å². The normalized spacial score (nSPS) is 10.4. The topological polar surface area (TPSA) is 24.9 Å². The molecule has 1 aromatic carbocycles. The van der Waals surface area contributed by atoms with E-state index in [2.05, 4.69) is 17.2 Å². The minimum atomic E-state index is -0.598. The van der Waals surface area contributed by atoms with Crippen LogP contribution in [0.15, 0.2) is 36.4 Å². The molecular formula is C14H14F2N2. The Kier molecular flexibility index (Phi) is 3.87. The Labute approximate surface area is 105 Å². The molecule has 4 heteroatoms. The standard InChI is InChI=1S/C14H14F2N2/c1-2-6-17-14-5-3-4-13(18-14)10-7-11(15)9-12(16)8-10/h3-5,7-9H,2,6H2,1H3,(H,17,18). The molecule has 0 fully saturated rings. The molecule has 0 saturated heterocycles. The van der Waals surface area contributed by atoms with E-state index in [-0.39, 0.29) is 0 Å². The lowest BCUT2D eigenvalue weighted by molar-refractivity contribution is 0.584. The van der Waals surface area contributed by atoms with Crippen LogP contribution in [0, 0.1) is 11.6 Å². The molecule has 0 bridgehead atoms. The summed E-state index contributed by atoms with van der Waals surface area (Å²) in [6.45, 7) is 2.87. The third kappa shape index (κ3) is 3.03. The molecular weight excluding hydrogens is 234 g/mol. The lowest BCUT2D eigenvalue weighted by Crippen LogP contribution is -2.02. The zero-order valence-electron chi connectivity index (χ0n) is 10.1. The Morgan fingerprint density at radius 3 is 2.50 bits per heavy atom. The zero-order valence-corrected chi connectivity index (χ0v) is 10.1. The maximum atomic E-state index is 13.1. The van der Waals surface area contributed by atoms with Crippen molar-refractivity contribution in [2.24, 2.45) is 0 Å². The van der Waals surface area contributed by atoms with Crippen LogP contribution in [-0.4, -0.2) is 11.5 Å². The van der Waals surface area contributed by atoms with Gasteiger partial charge in [-0.1, -0.05) is 13.0 Å². The van der Waals surface area contributed by atoms with Crippen molar-refractivity contribution in [3.05, 3.63) is 48.0 Å². The maximum absolute atomic E-state index is 13.1. The van der Waals surface area contributed by atoms with Crippen LogP contribution in [0.3, 0.4) is 0 Å². The summed E-state index contributed by atoms with van der Waals surface area (Å²) in [7, 11) is 0. The molecule has 1 heterocycles. The fourth-order valence-electron chi connectivity index (χ4n) is 1.65. The van der Waals surface area contributed by atoms with Gasteiger partial charge in [-0.3, -0.25) is 0 Å². The number of anilines is 1. The number of rotatable bonds is 4. The van der Waals surface area contributed by atoms with Crippen LogP contribution in [0.1, 0.15) is 13.3 Å². The van der Waals surface area contributed by atoms with Gasteiger partial charge in [0.25, 0.3) is 0 Å². The highest BCUT2D eigenvalue weighted by molar-refractivity contribution is 5.61. The second-order valence-electron chi connectivity index (χ2n) is 3.99. The quantitative estimate of drug-likeness (QED) is 0.889. The first-order valence-corrected chi connectivity index (χ1v) is 5.86. The molecule has 0 radical (unpaired) electrons. The van der Waals surface area contributed by atoms with Crippen molar-refractivity contribution in [3.63, 3.8) is 0 Å². The minimum absolute atomic E-state index is 0.438. The average Bonchev–Trinajstić information content (AvgIpc) is 2.35. The smallest absolute Gasteiger partial charge is 0.126 e. The summed E-state index contributed by atoms with van der Waals surface area (Å²) in [6, 6.07) is 8.76. The third-order valence-electron chi connectivity index (χ3n) is 2.46. The molecule has 0 spiro atoms. The number of pyridine rings is 1. The highest BCUT2D eigenvalue weighted by Crippen LogP contribution is 2.21. The Morgan fingerprint density at radius 2 is 1.83 bits per heavy atom. The van der Waals surface area contributed by atoms with Gasteiger partial charge in [-0.2, -0.15) is 0 Å². The van der Waals surface area contributed by atoms with Gasteiger partial charge >= 0.3 is 0 Å². The first kappa shape index (κ1) is 12.5. The van der Waals surface area contributed by atoms with Gasteiger partial charge in [0.15, 0.2) is 0 Å². The van der Waals surface area contributed by atoms with E-state index in [1.54, 1.807) is 6.07 Å². The van der Waals surface area contributed by atoms with E-state index in [9.17, 15) is 8.78 Å². The van der Waals surface area contributed by atoms with E-state index in [0.717, 1.165) is 19.0 Å². The third-order valence-corrected chi connectivity index (χ3v) is 2.46. The first-order valence-electron chi connectivity index (χ1n) is 5.86. The van der Waals surface area contributed by atoms with Crippen LogP contribution in [0.25, 0.3) is 11.3 Å². The maximum Gasteiger partial charge on any atom is 0.126 e. The molecule has 0 aliphatic rings. The van der Waals surface area contributed by atoms with Crippen LogP contribution < -0.4 is 5.32 Å². The second-order valence-corrected chi connectivity index (χ2v) is 3.99. The molecule has 18 heavy (non-hydrogen) atoms. The molecule has 1 aromatic heterocycles. The van der Waals surface area contributed by atoms with Crippen molar-refractivity contribution in [2.75, 3.05) is 11.9 Å². The van der Waals surface area contributed by atoms with E-state index in [4.69, 9.17) is 0 Å². The van der Waals surface area contributed by atoms with Gasteiger partial charge in [0.1, 0.15) is 17.5 Å². The first-order chi connectivity index (χ1) is 8.69. The van der Waals surface area contributed by atoms with Gasteiger partial charge in [-0.25, -0.2) is 13.8 Å². The van der Waals surface area contributed by atoms with E-state index in [0.29, 0.717) is 17.1 Å². The summed E-state index contributed by atoms with van der Waals surface area (Å²) in [5.41, 5.74) is 0.988. The molecule has 0 saturated carbocycles.